The fraction of sp³-hybridized carbons (Fsp3) is 0.174. The van der Waals surface area contributed by atoms with E-state index in [1.54, 1.807) is 12.4 Å². The fourth-order valence-electron chi connectivity index (χ4n) is 3.56. The van der Waals surface area contributed by atoms with Crippen LogP contribution in [0.1, 0.15) is 18.1 Å². The first-order valence-corrected chi connectivity index (χ1v) is 9.30. The van der Waals surface area contributed by atoms with Gasteiger partial charge in [-0.05, 0) is 65.1 Å². The molecule has 1 aromatic heterocycles. The summed E-state index contributed by atoms with van der Waals surface area (Å²) in [6.07, 6.45) is 4.78. The molecule has 28 heavy (non-hydrogen) atoms. The van der Waals surface area contributed by atoms with Gasteiger partial charge in [0.05, 0.1) is 6.42 Å². The number of pyridine rings is 1. The minimum atomic E-state index is -0.108. The molecule has 1 aliphatic heterocycles. The van der Waals surface area contributed by atoms with E-state index in [1.165, 1.54) is 12.5 Å². The number of rotatable bonds is 4. The molecular formula is C23H21N3O2. The number of hydrogen-bond donors (Lipinski definition) is 1. The highest BCUT2D eigenvalue weighted by Gasteiger charge is 2.24. The Balaban J connectivity index is 1.48. The summed E-state index contributed by atoms with van der Waals surface area (Å²) in [5.74, 6) is -0.0219. The number of carbonyl (C=O) groups is 2. The number of anilines is 2. The second-order valence-electron chi connectivity index (χ2n) is 6.93. The van der Waals surface area contributed by atoms with Crippen LogP contribution in [0.2, 0.25) is 0 Å². The average molecular weight is 371 g/mol. The van der Waals surface area contributed by atoms with Crippen LogP contribution in [-0.4, -0.2) is 23.3 Å². The number of nitrogens with one attached hydrogen (secondary N) is 1. The van der Waals surface area contributed by atoms with Crippen molar-refractivity contribution in [3.63, 3.8) is 0 Å². The topological polar surface area (TPSA) is 62.3 Å². The molecule has 0 radical (unpaired) electrons. The number of hydrogen-bond acceptors (Lipinski definition) is 3. The van der Waals surface area contributed by atoms with Gasteiger partial charge in [-0.2, -0.15) is 0 Å². The summed E-state index contributed by atoms with van der Waals surface area (Å²) in [6.45, 7) is 2.18. The lowest BCUT2D eigenvalue weighted by atomic mass is 10.0. The third-order valence-electron chi connectivity index (χ3n) is 4.92. The zero-order valence-corrected chi connectivity index (χ0v) is 15.7. The molecular weight excluding hydrogens is 350 g/mol. The lowest BCUT2D eigenvalue weighted by molar-refractivity contribution is -0.118. The van der Waals surface area contributed by atoms with Crippen molar-refractivity contribution in [1.29, 1.82) is 0 Å². The molecule has 0 bridgehead atoms. The second-order valence-corrected chi connectivity index (χ2v) is 6.93. The van der Waals surface area contributed by atoms with E-state index in [4.69, 9.17) is 0 Å². The number of benzene rings is 2. The summed E-state index contributed by atoms with van der Waals surface area (Å²) in [7, 11) is 0. The minimum absolute atomic E-state index is 0.0858. The molecule has 2 aromatic carbocycles. The van der Waals surface area contributed by atoms with E-state index >= 15 is 0 Å². The summed E-state index contributed by atoms with van der Waals surface area (Å²) in [4.78, 5) is 29.9. The first kappa shape index (κ1) is 17.9. The maximum absolute atomic E-state index is 12.8. The van der Waals surface area contributed by atoms with Crippen molar-refractivity contribution in [3.05, 3.63) is 78.1 Å². The summed E-state index contributed by atoms with van der Waals surface area (Å²) in [5.41, 5.74) is 6.13. The largest absolute Gasteiger partial charge is 0.326 e. The third kappa shape index (κ3) is 3.78. The van der Waals surface area contributed by atoms with E-state index in [-0.39, 0.29) is 11.8 Å². The van der Waals surface area contributed by atoms with Crippen molar-refractivity contribution in [1.82, 2.24) is 4.98 Å². The third-order valence-corrected chi connectivity index (χ3v) is 4.92. The van der Waals surface area contributed by atoms with Gasteiger partial charge in [-0.25, -0.2) is 0 Å². The summed E-state index contributed by atoms with van der Waals surface area (Å²) in [6, 6.07) is 17.7. The molecule has 2 amide bonds. The Morgan fingerprint density at radius 2 is 1.75 bits per heavy atom. The molecule has 140 valence electrons. The van der Waals surface area contributed by atoms with Crippen LogP contribution in [0.5, 0.6) is 0 Å². The highest BCUT2D eigenvalue weighted by atomic mass is 16.2. The SMILES string of the molecule is CC(=O)Nc1ccc(CC(=O)N2CCc3cc(-c4ccncc4)ccc32)cc1. The lowest BCUT2D eigenvalue weighted by Crippen LogP contribution is -2.30. The van der Waals surface area contributed by atoms with Gasteiger partial charge in [0, 0.05) is 37.2 Å². The van der Waals surface area contributed by atoms with Gasteiger partial charge in [0.2, 0.25) is 11.8 Å². The molecule has 0 aliphatic carbocycles. The predicted molar refractivity (Wildman–Crippen MR) is 110 cm³/mol. The molecule has 0 atom stereocenters. The Morgan fingerprint density at radius 1 is 1.00 bits per heavy atom. The number of nitrogens with zero attached hydrogens (tertiary/aromatic N) is 2. The number of amides is 2. The molecule has 0 saturated heterocycles. The zero-order valence-electron chi connectivity index (χ0n) is 15.7. The predicted octanol–water partition coefficient (Wildman–Crippen LogP) is 3.84. The van der Waals surface area contributed by atoms with Crippen LogP contribution in [0.3, 0.4) is 0 Å². The van der Waals surface area contributed by atoms with Crippen LogP contribution in [0.25, 0.3) is 11.1 Å². The number of aromatic nitrogens is 1. The van der Waals surface area contributed by atoms with Gasteiger partial charge in [0.25, 0.3) is 0 Å². The van der Waals surface area contributed by atoms with Crippen molar-refractivity contribution >= 4 is 23.2 Å². The molecule has 1 N–H and O–H groups in total. The van der Waals surface area contributed by atoms with Crippen molar-refractivity contribution in [2.24, 2.45) is 0 Å². The molecule has 0 unspecified atom stereocenters. The zero-order chi connectivity index (χ0) is 19.5. The molecule has 5 nitrogen and oxygen atoms in total. The van der Waals surface area contributed by atoms with Crippen LogP contribution in [-0.2, 0) is 22.4 Å². The van der Waals surface area contributed by atoms with E-state index in [1.807, 2.05) is 47.4 Å². The van der Waals surface area contributed by atoms with E-state index in [0.29, 0.717) is 13.0 Å². The first-order chi connectivity index (χ1) is 13.6. The van der Waals surface area contributed by atoms with Crippen molar-refractivity contribution in [2.45, 2.75) is 19.8 Å². The van der Waals surface area contributed by atoms with Crippen LogP contribution in [0.4, 0.5) is 11.4 Å². The molecule has 0 spiro atoms. The highest BCUT2D eigenvalue weighted by molar-refractivity contribution is 5.97. The van der Waals surface area contributed by atoms with Crippen molar-refractivity contribution < 1.29 is 9.59 Å². The maximum Gasteiger partial charge on any atom is 0.231 e. The van der Waals surface area contributed by atoms with Crippen molar-refractivity contribution in [3.8, 4) is 11.1 Å². The summed E-state index contributed by atoms with van der Waals surface area (Å²) in [5, 5.41) is 2.73. The van der Waals surface area contributed by atoms with Gasteiger partial charge in [-0.15, -0.1) is 0 Å². The summed E-state index contributed by atoms with van der Waals surface area (Å²) >= 11 is 0. The van der Waals surface area contributed by atoms with Crippen LogP contribution >= 0.6 is 0 Å². The quantitative estimate of drug-likeness (QED) is 0.758. The summed E-state index contributed by atoms with van der Waals surface area (Å²) < 4.78 is 0. The molecule has 3 aromatic rings. The molecule has 4 rings (SSSR count). The second kappa shape index (κ2) is 7.64. The number of carbonyl (C=O) groups excluding carboxylic acids is 2. The van der Waals surface area contributed by atoms with E-state index < -0.39 is 0 Å². The molecule has 0 saturated carbocycles. The van der Waals surface area contributed by atoms with Gasteiger partial charge in [-0.3, -0.25) is 14.6 Å². The van der Waals surface area contributed by atoms with Crippen molar-refractivity contribution in [2.75, 3.05) is 16.8 Å². The van der Waals surface area contributed by atoms with E-state index in [9.17, 15) is 9.59 Å². The monoisotopic (exact) mass is 371 g/mol. The fourth-order valence-corrected chi connectivity index (χ4v) is 3.56. The van der Waals surface area contributed by atoms with Gasteiger partial charge >= 0.3 is 0 Å². The van der Waals surface area contributed by atoms with Crippen LogP contribution < -0.4 is 10.2 Å². The van der Waals surface area contributed by atoms with Crippen LogP contribution in [0, 0.1) is 0 Å². The van der Waals surface area contributed by atoms with Gasteiger partial charge in [-0.1, -0.05) is 18.2 Å². The van der Waals surface area contributed by atoms with Gasteiger partial charge < -0.3 is 10.2 Å². The smallest absolute Gasteiger partial charge is 0.231 e. The Labute approximate surface area is 164 Å². The molecule has 1 aliphatic rings. The molecule has 5 heteroatoms. The maximum atomic E-state index is 12.8. The average Bonchev–Trinajstić information content (AvgIpc) is 3.13. The normalized spacial score (nSPS) is 12.5. The van der Waals surface area contributed by atoms with Gasteiger partial charge in [0.1, 0.15) is 0 Å². The Bertz CT molecular complexity index is 1010. The Kier molecular flexibility index (Phi) is 4.89. The Hall–Kier alpha value is -3.47. The lowest BCUT2D eigenvalue weighted by Gasteiger charge is -2.18. The van der Waals surface area contributed by atoms with E-state index in [0.717, 1.165) is 34.5 Å². The standard InChI is InChI=1S/C23H21N3O2/c1-16(27)25-21-5-2-17(3-6-21)14-23(28)26-13-10-20-15-19(4-7-22(20)26)18-8-11-24-12-9-18/h2-9,11-12,15H,10,13-14H2,1H3,(H,25,27). The van der Waals surface area contributed by atoms with Gasteiger partial charge in [0.15, 0.2) is 0 Å². The minimum Gasteiger partial charge on any atom is -0.326 e. The highest BCUT2D eigenvalue weighted by Crippen LogP contribution is 2.32. The number of fused-ring (bicyclic) bond motifs is 1. The first-order valence-electron chi connectivity index (χ1n) is 9.30. The molecule has 2 heterocycles. The van der Waals surface area contributed by atoms with Crippen LogP contribution in [0.15, 0.2) is 67.0 Å². The molecule has 0 fully saturated rings. The van der Waals surface area contributed by atoms with E-state index in [2.05, 4.69) is 22.4 Å². The Morgan fingerprint density at radius 3 is 2.46 bits per heavy atom.